The number of carbonyl (C=O) groups is 2. The van der Waals surface area contributed by atoms with Gasteiger partial charge in [-0.05, 0) is 43.7 Å². The molecule has 0 bridgehead atoms. The van der Waals surface area contributed by atoms with Crippen molar-refractivity contribution >= 4 is 34.5 Å². The Balaban J connectivity index is 2.09. The average Bonchev–Trinajstić information content (AvgIpc) is 2.62. The molecule has 2 rings (SSSR count). The molecular weight excluding hydrogens is 364 g/mol. The third-order valence-corrected chi connectivity index (χ3v) is 4.80. The molecule has 0 heterocycles. The molecule has 6 nitrogen and oxygen atoms in total. The van der Waals surface area contributed by atoms with Crippen molar-refractivity contribution in [3.8, 4) is 0 Å². The van der Waals surface area contributed by atoms with Crippen LogP contribution in [0.1, 0.15) is 20.8 Å². The Morgan fingerprint density at radius 1 is 1.15 bits per heavy atom. The number of thioether (sulfide) groups is 1. The number of hydrogen-bond donors (Lipinski definition) is 1. The standard InChI is InChI=1S/C20H26N2O4S/c1-20(2,3)26-19(24)21-17(18(23)22(4)25-5)13-27-16-11-10-14-8-6-7-9-15(14)12-16/h6-12,17H,13H2,1-5H3,(H,21,24)/t17-/m0/s1. The van der Waals surface area contributed by atoms with Crippen molar-refractivity contribution in [3.63, 3.8) is 0 Å². The summed E-state index contributed by atoms with van der Waals surface area (Å²) in [5.74, 6) is 0.000980. The van der Waals surface area contributed by atoms with Crippen LogP contribution < -0.4 is 5.32 Å². The van der Waals surface area contributed by atoms with Crippen molar-refractivity contribution < 1.29 is 19.2 Å². The number of benzene rings is 2. The molecule has 1 N–H and O–H groups in total. The number of hydrogen-bond acceptors (Lipinski definition) is 5. The van der Waals surface area contributed by atoms with Gasteiger partial charge >= 0.3 is 6.09 Å². The number of alkyl carbamates (subject to hydrolysis) is 1. The van der Waals surface area contributed by atoms with Crippen LogP contribution in [-0.4, -0.2) is 48.6 Å². The van der Waals surface area contributed by atoms with E-state index in [0.29, 0.717) is 5.75 Å². The van der Waals surface area contributed by atoms with Crippen molar-refractivity contribution in [1.29, 1.82) is 0 Å². The van der Waals surface area contributed by atoms with E-state index in [4.69, 9.17) is 9.57 Å². The van der Waals surface area contributed by atoms with Gasteiger partial charge in [-0.25, -0.2) is 9.86 Å². The van der Waals surface area contributed by atoms with Gasteiger partial charge in [-0.1, -0.05) is 30.3 Å². The number of hydroxylamine groups is 2. The van der Waals surface area contributed by atoms with Crippen molar-refractivity contribution in [2.45, 2.75) is 37.3 Å². The van der Waals surface area contributed by atoms with Crippen LogP contribution in [0.25, 0.3) is 10.8 Å². The minimum atomic E-state index is -0.777. The molecule has 27 heavy (non-hydrogen) atoms. The Hall–Kier alpha value is -2.25. The Bertz CT molecular complexity index is 804. The maximum atomic E-state index is 12.5. The first kappa shape index (κ1) is 21.1. The van der Waals surface area contributed by atoms with E-state index < -0.39 is 17.7 Å². The molecule has 0 unspecified atom stereocenters. The summed E-state index contributed by atoms with van der Waals surface area (Å²) in [6.45, 7) is 5.32. The quantitative estimate of drug-likeness (QED) is 0.599. The van der Waals surface area contributed by atoms with Crippen LogP contribution in [0.15, 0.2) is 47.4 Å². The fraction of sp³-hybridized carbons (Fsp3) is 0.400. The second kappa shape index (κ2) is 9.10. The van der Waals surface area contributed by atoms with E-state index in [9.17, 15) is 9.59 Å². The molecule has 0 saturated heterocycles. The van der Waals surface area contributed by atoms with Gasteiger partial charge in [0.1, 0.15) is 11.6 Å². The van der Waals surface area contributed by atoms with Gasteiger partial charge in [-0.2, -0.15) is 0 Å². The lowest BCUT2D eigenvalue weighted by Gasteiger charge is -2.25. The molecule has 0 aliphatic heterocycles. The van der Waals surface area contributed by atoms with Crippen molar-refractivity contribution in [3.05, 3.63) is 42.5 Å². The predicted molar refractivity (Wildman–Crippen MR) is 108 cm³/mol. The Morgan fingerprint density at radius 3 is 2.44 bits per heavy atom. The first-order valence-electron chi connectivity index (χ1n) is 8.62. The summed E-state index contributed by atoms with van der Waals surface area (Å²) in [6.07, 6.45) is -0.635. The lowest BCUT2D eigenvalue weighted by Crippen LogP contribution is -2.49. The Kier molecular flexibility index (Phi) is 7.10. The summed E-state index contributed by atoms with van der Waals surface area (Å²) in [5, 5.41) is 6.02. The van der Waals surface area contributed by atoms with Gasteiger partial charge in [0.15, 0.2) is 0 Å². The van der Waals surface area contributed by atoms with Gasteiger partial charge in [0, 0.05) is 17.7 Å². The van der Waals surface area contributed by atoms with Gasteiger partial charge in [-0.3, -0.25) is 9.63 Å². The van der Waals surface area contributed by atoms with Crippen LogP contribution in [0.5, 0.6) is 0 Å². The fourth-order valence-corrected chi connectivity index (χ4v) is 3.33. The van der Waals surface area contributed by atoms with Crippen LogP contribution >= 0.6 is 11.8 Å². The van der Waals surface area contributed by atoms with Gasteiger partial charge in [0.2, 0.25) is 0 Å². The number of likely N-dealkylation sites (N-methyl/N-ethyl adjacent to an activating group) is 1. The summed E-state index contributed by atoms with van der Waals surface area (Å²) in [7, 11) is 2.91. The maximum Gasteiger partial charge on any atom is 0.408 e. The SMILES string of the molecule is CON(C)C(=O)[C@H](CSc1ccc2ccccc2c1)NC(=O)OC(C)(C)C. The highest BCUT2D eigenvalue weighted by atomic mass is 32.2. The largest absolute Gasteiger partial charge is 0.444 e. The number of nitrogens with zero attached hydrogens (tertiary/aromatic N) is 1. The molecule has 146 valence electrons. The number of nitrogens with one attached hydrogen (secondary N) is 1. The zero-order valence-corrected chi connectivity index (χ0v) is 17.1. The van der Waals surface area contributed by atoms with Crippen molar-refractivity contribution in [1.82, 2.24) is 10.4 Å². The molecule has 0 radical (unpaired) electrons. The highest BCUT2D eigenvalue weighted by Crippen LogP contribution is 2.24. The topological polar surface area (TPSA) is 67.9 Å². The third kappa shape index (κ3) is 6.45. The molecular formula is C20H26N2O4S. The molecule has 7 heteroatoms. The van der Waals surface area contributed by atoms with Gasteiger partial charge in [-0.15, -0.1) is 11.8 Å². The van der Waals surface area contributed by atoms with Crippen molar-refractivity contribution in [2.75, 3.05) is 19.9 Å². The maximum absolute atomic E-state index is 12.5. The average molecular weight is 391 g/mol. The summed E-state index contributed by atoms with van der Waals surface area (Å²) in [6, 6.07) is 13.4. The van der Waals surface area contributed by atoms with E-state index in [1.54, 1.807) is 20.8 Å². The normalized spacial score (nSPS) is 12.5. The number of rotatable bonds is 6. The molecule has 0 saturated carbocycles. The summed E-state index contributed by atoms with van der Waals surface area (Å²) in [4.78, 5) is 30.6. The van der Waals surface area contributed by atoms with Crippen LogP contribution in [-0.2, 0) is 14.4 Å². The van der Waals surface area contributed by atoms with Crippen LogP contribution in [0, 0.1) is 0 Å². The van der Waals surface area contributed by atoms with E-state index >= 15 is 0 Å². The molecule has 0 aromatic heterocycles. The smallest absolute Gasteiger partial charge is 0.408 e. The highest BCUT2D eigenvalue weighted by molar-refractivity contribution is 7.99. The minimum absolute atomic E-state index is 0.350. The fourth-order valence-electron chi connectivity index (χ4n) is 2.37. The second-order valence-corrected chi connectivity index (χ2v) is 8.13. The summed E-state index contributed by atoms with van der Waals surface area (Å²) >= 11 is 1.49. The summed E-state index contributed by atoms with van der Waals surface area (Å²) in [5.41, 5.74) is -0.643. The monoisotopic (exact) mass is 390 g/mol. The van der Waals surface area contributed by atoms with E-state index in [0.717, 1.165) is 20.7 Å². The molecule has 1 atom stereocenters. The van der Waals surface area contributed by atoms with E-state index in [1.165, 1.54) is 25.9 Å². The zero-order valence-electron chi connectivity index (χ0n) is 16.3. The number of ether oxygens (including phenoxy) is 1. The summed E-state index contributed by atoms with van der Waals surface area (Å²) < 4.78 is 5.27. The molecule has 2 aromatic rings. The Morgan fingerprint density at radius 2 is 1.81 bits per heavy atom. The van der Waals surface area contributed by atoms with Crippen molar-refractivity contribution in [2.24, 2.45) is 0 Å². The lowest BCUT2D eigenvalue weighted by atomic mass is 10.1. The van der Waals surface area contributed by atoms with E-state index in [1.807, 2.05) is 36.4 Å². The highest BCUT2D eigenvalue weighted by Gasteiger charge is 2.27. The first-order valence-corrected chi connectivity index (χ1v) is 9.61. The zero-order chi connectivity index (χ0) is 20.0. The first-order chi connectivity index (χ1) is 12.7. The molecule has 2 amide bonds. The molecule has 0 aliphatic rings. The van der Waals surface area contributed by atoms with Crippen LogP contribution in [0.2, 0.25) is 0 Å². The van der Waals surface area contributed by atoms with Crippen LogP contribution in [0.3, 0.4) is 0 Å². The molecule has 2 aromatic carbocycles. The third-order valence-electron chi connectivity index (χ3n) is 3.71. The predicted octanol–water partition coefficient (Wildman–Crippen LogP) is 3.85. The van der Waals surface area contributed by atoms with Gasteiger partial charge < -0.3 is 10.1 Å². The minimum Gasteiger partial charge on any atom is -0.444 e. The number of fused-ring (bicyclic) bond motifs is 1. The Labute approximate surface area is 164 Å². The van der Waals surface area contributed by atoms with Crippen LogP contribution in [0.4, 0.5) is 4.79 Å². The number of carbonyl (C=O) groups excluding carboxylic acids is 2. The van der Waals surface area contributed by atoms with Gasteiger partial charge in [0.25, 0.3) is 5.91 Å². The van der Waals surface area contributed by atoms with E-state index in [-0.39, 0.29) is 5.91 Å². The molecule has 0 spiro atoms. The lowest BCUT2D eigenvalue weighted by molar-refractivity contribution is -0.170. The molecule has 0 aliphatic carbocycles. The van der Waals surface area contributed by atoms with Gasteiger partial charge in [0.05, 0.1) is 7.11 Å². The second-order valence-electron chi connectivity index (χ2n) is 7.04. The number of amides is 2. The molecule has 0 fully saturated rings. The van der Waals surface area contributed by atoms with E-state index in [2.05, 4.69) is 11.4 Å².